The van der Waals surface area contributed by atoms with Crippen LogP contribution in [0.4, 0.5) is 5.69 Å². The molecule has 0 aliphatic carbocycles. The zero-order valence-electron chi connectivity index (χ0n) is 12.4. The van der Waals surface area contributed by atoms with Crippen LogP contribution in [-0.4, -0.2) is 42.7 Å². The number of carbonyl (C=O) groups is 1. The highest BCUT2D eigenvalue weighted by Gasteiger charge is 2.13. The van der Waals surface area contributed by atoms with Crippen molar-refractivity contribution < 1.29 is 9.90 Å². The smallest absolute Gasteiger partial charge is 0.337 e. The molecule has 1 unspecified atom stereocenters. The number of hydrogen-bond donors (Lipinski definition) is 2. The maximum atomic E-state index is 11.2. The lowest BCUT2D eigenvalue weighted by molar-refractivity contribution is 0.0698. The molecule has 0 aliphatic rings. The van der Waals surface area contributed by atoms with Crippen molar-refractivity contribution in [1.82, 2.24) is 4.90 Å². The van der Waals surface area contributed by atoms with Gasteiger partial charge in [-0.3, -0.25) is 0 Å². The van der Waals surface area contributed by atoms with Crippen molar-refractivity contribution >= 4 is 24.1 Å². The van der Waals surface area contributed by atoms with Gasteiger partial charge in [0.2, 0.25) is 0 Å². The summed E-state index contributed by atoms with van der Waals surface area (Å²) in [6.45, 7) is 3.14. The molecule has 0 radical (unpaired) electrons. The molecular weight excluding hydrogens is 276 g/mol. The van der Waals surface area contributed by atoms with E-state index in [2.05, 4.69) is 17.1 Å². The zero-order chi connectivity index (χ0) is 14.3. The molecule has 1 atom stereocenters. The van der Waals surface area contributed by atoms with Gasteiger partial charge >= 0.3 is 5.97 Å². The Labute approximate surface area is 127 Å². The third-order valence-electron chi connectivity index (χ3n) is 3.08. The summed E-state index contributed by atoms with van der Waals surface area (Å²) in [6, 6.07) is 7.40. The number of rotatable bonds is 8. The van der Waals surface area contributed by atoms with E-state index in [-0.39, 0.29) is 12.4 Å². The summed E-state index contributed by atoms with van der Waals surface area (Å²) in [5, 5.41) is 12.6. The van der Waals surface area contributed by atoms with Crippen LogP contribution in [0.15, 0.2) is 24.3 Å². The lowest BCUT2D eigenvalue weighted by atomic mass is 10.1. The number of halogens is 1. The minimum Gasteiger partial charge on any atom is -0.478 e. The Hall–Kier alpha value is -1.26. The molecule has 2 N–H and O–H groups in total. The number of nitrogens with one attached hydrogen (secondary N) is 1. The minimum absolute atomic E-state index is 0. The molecule has 1 rings (SSSR count). The number of anilines is 1. The van der Waals surface area contributed by atoms with Crippen molar-refractivity contribution in [3.8, 4) is 0 Å². The first-order chi connectivity index (χ1) is 9.04. The Bertz CT molecular complexity index is 411. The first-order valence-electron chi connectivity index (χ1n) is 6.78. The number of nitrogens with zero attached hydrogens (tertiary/aromatic N) is 1. The van der Waals surface area contributed by atoms with Crippen LogP contribution in [0, 0.1) is 0 Å². The van der Waals surface area contributed by atoms with Crippen molar-refractivity contribution in [3.63, 3.8) is 0 Å². The molecule has 0 saturated heterocycles. The fourth-order valence-corrected chi connectivity index (χ4v) is 2.07. The van der Waals surface area contributed by atoms with E-state index in [1.165, 1.54) is 0 Å². The van der Waals surface area contributed by atoms with Crippen molar-refractivity contribution in [1.29, 1.82) is 0 Å². The quantitative estimate of drug-likeness (QED) is 0.773. The molecule has 4 nitrogen and oxygen atoms in total. The second-order valence-corrected chi connectivity index (χ2v) is 5.07. The third-order valence-corrected chi connectivity index (χ3v) is 3.08. The van der Waals surface area contributed by atoms with Crippen molar-refractivity contribution in [2.75, 3.05) is 26.0 Å². The minimum atomic E-state index is -0.883. The van der Waals surface area contributed by atoms with Crippen LogP contribution in [-0.2, 0) is 0 Å². The summed E-state index contributed by atoms with van der Waals surface area (Å²) in [5.41, 5.74) is 1.06. The number of aromatic carboxylic acids is 1. The van der Waals surface area contributed by atoms with E-state index in [9.17, 15) is 9.90 Å². The second kappa shape index (κ2) is 9.61. The molecule has 0 saturated carbocycles. The summed E-state index contributed by atoms with van der Waals surface area (Å²) in [5.74, 6) is -0.883. The topological polar surface area (TPSA) is 52.6 Å². The van der Waals surface area contributed by atoms with Gasteiger partial charge in [-0.2, -0.15) is 0 Å². The average Bonchev–Trinajstić information content (AvgIpc) is 2.36. The monoisotopic (exact) mass is 300 g/mol. The van der Waals surface area contributed by atoms with E-state index in [4.69, 9.17) is 0 Å². The van der Waals surface area contributed by atoms with Crippen LogP contribution in [0.5, 0.6) is 0 Å². The molecule has 0 aromatic heterocycles. The molecule has 0 amide bonds. The molecule has 20 heavy (non-hydrogen) atoms. The predicted octanol–water partition coefficient (Wildman–Crippen LogP) is 3.34. The van der Waals surface area contributed by atoms with E-state index < -0.39 is 5.97 Å². The van der Waals surface area contributed by atoms with Gasteiger partial charge in [0.15, 0.2) is 0 Å². The fourth-order valence-electron chi connectivity index (χ4n) is 2.07. The van der Waals surface area contributed by atoms with Gasteiger partial charge in [0.25, 0.3) is 0 Å². The van der Waals surface area contributed by atoms with Crippen molar-refractivity contribution in [3.05, 3.63) is 29.8 Å². The van der Waals surface area contributed by atoms with Gasteiger partial charge in [0.1, 0.15) is 0 Å². The standard InChI is InChI=1S/C15H24N2O2.ClH/c1-4-7-12(10-11-17(2)3)16-14-9-6-5-8-13(14)15(18)19;/h5-6,8-9,12,16H,4,7,10-11H2,1-3H3,(H,18,19);1H. The van der Waals surface area contributed by atoms with E-state index in [0.717, 1.165) is 25.8 Å². The average molecular weight is 301 g/mol. The Morgan fingerprint density at radius 3 is 2.50 bits per heavy atom. The largest absolute Gasteiger partial charge is 0.478 e. The van der Waals surface area contributed by atoms with E-state index in [1.807, 2.05) is 26.2 Å². The van der Waals surface area contributed by atoms with Crippen LogP contribution < -0.4 is 5.32 Å². The van der Waals surface area contributed by atoms with Crippen molar-refractivity contribution in [2.24, 2.45) is 0 Å². The van der Waals surface area contributed by atoms with E-state index in [1.54, 1.807) is 12.1 Å². The number of benzene rings is 1. The predicted molar refractivity (Wildman–Crippen MR) is 86.1 cm³/mol. The van der Waals surface area contributed by atoms with Gasteiger partial charge in [-0.15, -0.1) is 12.4 Å². The molecule has 0 spiro atoms. The molecule has 114 valence electrons. The van der Waals surface area contributed by atoms with Crippen LogP contribution in [0.2, 0.25) is 0 Å². The number of carboxylic acid groups (broad SMARTS) is 1. The Kier molecular flexibility index (Phi) is 9.01. The van der Waals surface area contributed by atoms with Gasteiger partial charge in [0.05, 0.1) is 5.56 Å². The van der Waals surface area contributed by atoms with Crippen LogP contribution in [0.25, 0.3) is 0 Å². The number of carboxylic acids is 1. The van der Waals surface area contributed by atoms with E-state index in [0.29, 0.717) is 17.3 Å². The first-order valence-corrected chi connectivity index (χ1v) is 6.78. The van der Waals surface area contributed by atoms with Crippen LogP contribution >= 0.6 is 12.4 Å². The SMILES string of the molecule is CCCC(CCN(C)C)Nc1ccccc1C(=O)O.Cl. The Balaban J connectivity index is 0.00000361. The highest BCUT2D eigenvalue weighted by molar-refractivity contribution is 5.94. The first kappa shape index (κ1) is 18.7. The molecule has 0 fully saturated rings. The molecule has 5 heteroatoms. The van der Waals surface area contributed by atoms with E-state index >= 15 is 0 Å². The highest BCUT2D eigenvalue weighted by atomic mass is 35.5. The molecule has 1 aromatic rings. The van der Waals surface area contributed by atoms with Crippen LogP contribution in [0.1, 0.15) is 36.5 Å². The Morgan fingerprint density at radius 2 is 1.95 bits per heavy atom. The summed E-state index contributed by atoms with van der Waals surface area (Å²) < 4.78 is 0. The maximum absolute atomic E-state index is 11.2. The van der Waals surface area contributed by atoms with Crippen LogP contribution in [0.3, 0.4) is 0 Å². The van der Waals surface area contributed by atoms with Gasteiger partial charge in [-0.1, -0.05) is 25.5 Å². The van der Waals surface area contributed by atoms with Gasteiger partial charge in [0, 0.05) is 11.7 Å². The highest BCUT2D eigenvalue weighted by Crippen LogP contribution is 2.18. The normalized spacial score (nSPS) is 11.8. The number of hydrogen-bond acceptors (Lipinski definition) is 3. The second-order valence-electron chi connectivity index (χ2n) is 5.07. The van der Waals surface area contributed by atoms with Crippen molar-refractivity contribution in [2.45, 2.75) is 32.2 Å². The van der Waals surface area contributed by atoms with Gasteiger partial charge in [-0.05, 0) is 45.6 Å². The third kappa shape index (κ3) is 6.26. The number of para-hydroxylation sites is 1. The molecule has 1 aromatic carbocycles. The molecule has 0 bridgehead atoms. The lowest BCUT2D eigenvalue weighted by Gasteiger charge is -2.22. The van der Waals surface area contributed by atoms with Gasteiger partial charge in [-0.25, -0.2) is 4.79 Å². The summed E-state index contributed by atoms with van der Waals surface area (Å²) in [4.78, 5) is 13.3. The maximum Gasteiger partial charge on any atom is 0.337 e. The van der Waals surface area contributed by atoms with Gasteiger partial charge < -0.3 is 15.3 Å². The molecule has 0 heterocycles. The lowest BCUT2D eigenvalue weighted by Crippen LogP contribution is -2.26. The summed E-state index contributed by atoms with van der Waals surface area (Å²) in [7, 11) is 4.10. The summed E-state index contributed by atoms with van der Waals surface area (Å²) in [6.07, 6.45) is 3.14. The fraction of sp³-hybridized carbons (Fsp3) is 0.533. The Morgan fingerprint density at radius 1 is 1.30 bits per heavy atom. The zero-order valence-corrected chi connectivity index (χ0v) is 13.2. The summed E-state index contributed by atoms with van der Waals surface area (Å²) >= 11 is 0. The molecular formula is C15H25ClN2O2. The molecule has 0 aliphatic heterocycles.